The molecule has 2 fully saturated rings. The summed E-state index contributed by atoms with van der Waals surface area (Å²) in [4.78, 5) is 28.5. The van der Waals surface area contributed by atoms with Crippen LogP contribution >= 0.6 is 11.8 Å². The molecule has 5 nitrogen and oxygen atoms in total. The van der Waals surface area contributed by atoms with Gasteiger partial charge in [-0.05, 0) is 31.0 Å². The predicted octanol–water partition coefficient (Wildman–Crippen LogP) is 4.82. The van der Waals surface area contributed by atoms with Crippen LogP contribution in [0.3, 0.4) is 0 Å². The normalized spacial score (nSPS) is 25.7. The fraction of sp³-hybridized carbons (Fsp3) is 0.286. The van der Waals surface area contributed by atoms with Gasteiger partial charge in [-0.15, -0.1) is 11.8 Å². The SMILES string of the molecule is CC1(C)S[C@@H]2[C@@H](C(O)c3ccccc3F)C(=O)N2[C@]1(C(=O)O)C(c1ccccc1)c1ccccc1. The lowest BCUT2D eigenvalue weighted by Gasteiger charge is -2.54. The lowest BCUT2D eigenvalue weighted by molar-refractivity contribution is -0.181. The first-order valence-corrected chi connectivity index (χ1v) is 12.4. The number of hydrogen-bond acceptors (Lipinski definition) is 4. The summed E-state index contributed by atoms with van der Waals surface area (Å²) >= 11 is 1.35. The van der Waals surface area contributed by atoms with Gasteiger partial charge in [0.2, 0.25) is 5.91 Å². The van der Waals surface area contributed by atoms with E-state index in [4.69, 9.17) is 0 Å². The molecule has 1 amide bonds. The Morgan fingerprint density at radius 3 is 1.97 bits per heavy atom. The van der Waals surface area contributed by atoms with Crippen LogP contribution in [0.1, 0.15) is 42.6 Å². The number of carboxylic acid groups (broad SMARTS) is 1. The number of amides is 1. The molecule has 2 aliphatic rings. The van der Waals surface area contributed by atoms with Crippen molar-refractivity contribution in [2.75, 3.05) is 0 Å². The maximum atomic E-state index is 14.4. The van der Waals surface area contributed by atoms with Crippen molar-refractivity contribution in [3.63, 3.8) is 0 Å². The van der Waals surface area contributed by atoms with E-state index < -0.39 is 51.3 Å². The second-order valence-electron chi connectivity index (χ2n) is 9.55. The van der Waals surface area contributed by atoms with E-state index in [0.29, 0.717) is 0 Å². The number of fused-ring (bicyclic) bond motifs is 1. The van der Waals surface area contributed by atoms with Gasteiger partial charge in [-0.3, -0.25) is 4.79 Å². The molecule has 0 aromatic heterocycles. The molecule has 0 aliphatic carbocycles. The third-order valence-corrected chi connectivity index (χ3v) is 9.02. The van der Waals surface area contributed by atoms with Gasteiger partial charge in [-0.25, -0.2) is 9.18 Å². The molecule has 1 unspecified atom stereocenters. The number of aliphatic carboxylic acids is 1. The van der Waals surface area contributed by atoms with Crippen LogP contribution in [0.25, 0.3) is 0 Å². The number of aliphatic hydroxyl groups excluding tert-OH is 1. The van der Waals surface area contributed by atoms with Crippen molar-refractivity contribution in [3.8, 4) is 0 Å². The first-order valence-electron chi connectivity index (χ1n) is 11.5. The number of benzene rings is 3. The molecule has 2 saturated heterocycles. The Bertz CT molecular complexity index is 1230. The minimum atomic E-state index is -1.63. The highest BCUT2D eigenvalue weighted by atomic mass is 32.2. The van der Waals surface area contributed by atoms with Gasteiger partial charge in [0, 0.05) is 16.2 Å². The topological polar surface area (TPSA) is 77.8 Å². The maximum Gasteiger partial charge on any atom is 0.332 e. The molecule has 2 heterocycles. The lowest BCUT2D eigenvalue weighted by Crippen LogP contribution is -2.73. The second kappa shape index (κ2) is 8.50. The predicted molar refractivity (Wildman–Crippen MR) is 132 cm³/mol. The monoisotopic (exact) mass is 491 g/mol. The Morgan fingerprint density at radius 2 is 1.46 bits per heavy atom. The van der Waals surface area contributed by atoms with Crippen LogP contribution in [0.4, 0.5) is 4.39 Å². The number of rotatable bonds is 6. The van der Waals surface area contributed by atoms with Crippen molar-refractivity contribution >= 4 is 23.6 Å². The van der Waals surface area contributed by atoms with Gasteiger partial charge in [0.25, 0.3) is 0 Å². The molecule has 0 saturated carbocycles. The molecule has 35 heavy (non-hydrogen) atoms. The van der Waals surface area contributed by atoms with Crippen molar-refractivity contribution in [1.82, 2.24) is 4.90 Å². The molecule has 3 aromatic rings. The van der Waals surface area contributed by atoms with Crippen LogP contribution in [-0.2, 0) is 9.59 Å². The zero-order chi connectivity index (χ0) is 25.0. The van der Waals surface area contributed by atoms with Crippen LogP contribution < -0.4 is 0 Å². The molecule has 2 aliphatic heterocycles. The summed E-state index contributed by atoms with van der Waals surface area (Å²) in [5, 5.41) is 21.3. The number of carbonyl (C=O) groups excluding carboxylic acids is 1. The summed E-state index contributed by atoms with van der Waals surface area (Å²) in [6.45, 7) is 3.67. The minimum Gasteiger partial charge on any atom is -0.479 e. The zero-order valence-electron chi connectivity index (χ0n) is 19.3. The quantitative estimate of drug-likeness (QED) is 0.483. The molecular weight excluding hydrogens is 465 g/mol. The Balaban J connectivity index is 1.66. The van der Waals surface area contributed by atoms with Crippen LogP contribution in [0, 0.1) is 11.7 Å². The summed E-state index contributed by atoms with van der Waals surface area (Å²) in [6, 6.07) is 24.5. The maximum absolute atomic E-state index is 14.4. The molecule has 5 rings (SSSR count). The van der Waals surface area contributed by atoms with E-state index in [1.807, 2.05) is 74.5 Å². The Kier molecular flexibility index (Phi) is 5.73. The van der Waals surface area contributed by atoms with Gasteiger partial charge < -0.3 is 15.1 Å². The summed E-state index contributed by atoms with van der Waals surface area (Å²) in [6.07, 6.45) is -1.37. The standard InChI is InChI=1S/C28H26FNO4S/c1-27(2)28(26(33)34,22(17-11-5-3-6-12-17)18-13-7-4-8-14-18)30-24(32)21(25(30)35-27)23(31)19-15-9-10-16-20(19)29/h3-16,21-23,25,31H,1-2H3,(H,33,34)/t21-,23?,25+,28-/m0/s1. The first-order chi connectivity index (χ1) is 16.7. The van der Waals surface area contributed by atoms with Crippen LogP contribution in [0.15, 0.2) is 84.9 Å². The molecule has 4 atom stereocenters. The Labute approximate surface area is 207 Å². The van der Waals surface area contributed by atoms with E-state index in [1.54, 1.807) is 6.07 Å². The number of carbonyl (C=O) groups is 2. The van der Waals surface area contributed by atoms with Crippen molar-refractivity contribution in [3.05, 3.63) is 107 Å². The number of nitrogens with zero attached hydrogens (tertiary/aromatic N) is 1. The van der Waals surface area contributed by atoms with Gasteiger partial charge in [0.15, 0.2) is 5.54 Å². The first kappa shape index (κ1) is 23.6. The average Bonchev–Trinajstić information content (AvgIpc) is 3.05. The zero-order valence-corrected chi connectivity index (χ0v) is 20.2. The van der Waals surface area contributed by atoms with E-state index in [-0.39, 0.29) is 5.56 Å². The van der Waals surface area contributed by atoms with Crippen LogP contribution in [0.5, 0.6) is 0 Å². The third-order valence-electron chi connectivity index (χ3n) is 7.37. The largest absolute Gasteiger partial charge is 0.479 e. The van der Waals surface area contributed by atoms with Crippen molar-refractivity contribution in [2.45, 2.75) is 41.5 Å². The van der Waals surface area contributed by atoms with E-state index in [1.165, 1.54) is 34.9 Å². The average molecular weight is 492 g/mol. The van der Waals surface area contributed by atoms with Gasteiger partial charge in [-0.2, -0.15) is 0 Å². The molecule has 7 heteroatoms. The highest BCUT2D eigenvalue weighted by Crippen LogP contribution is 2.65. The van der Waals surface area contributed by atoms with E-state index in [9.17, 15) is 24.2 Å². The van der Waals surface area contributed by atoms with Crippen molar-refractivity contribution in [1.29, 1.82) is 0 Å². The number of carboxylic acids is 1. The van der Waals surface area contributed by atoms with Crippen molar-refractivity contribution < 1.29 is 24.2 Å². The lowest BCUT2D eigenvalue weighted by atomic mass is 9.65. The fourth-order valence-corrected chi connectivity index (χ4v) is 7.68. The van der Waals surface area contributed by atoms with Gasteiger partial charge >= 0.3 is 5.97 Å². The highest BCUT2D eigenvalue weighted by Gasteiger charge is 2.76. The molecular formula is C28H26FNO4S. The van der Waals surface area contributed by atoms with Crippen molar-refractivity contribution in [2.24, 2.45) is 5.92 Å². The van der Waals surface area contributed by atoms with Crippen LogP contribution in [-0.4, -0.2) is 42.6 Å². The van der Waals surface area contributed by atoms with Gasteiger partial charge in [0.05, 0.1) is 17.4 Å². The number of aliphatic hydroxyl groups is 1. The van der Waals surface area contributed by atoms with E-state index >= 15 is 0 Å². The summed E-state index contributed by atoms with van der Waals surface area (Å²) in [5.74, 6) is -3.79. The molecule has 180 valence electrons. The van der Waals surface area contributed by atoms with E-state index in [2.05, 4.69) is 0 Å². The summed E-state index contributed by atoms with van der Waals surface area (Å²) < 4.78 is 13.5. The number of β-lactam (4-membered cyclic amide) rings is 1. The van der Waals surface area contributed by atoms with Gasteiger partial charge in [0.1, 0.15) is 5.82 Å². The van der Waals surface area contributed by atoms with Gasteiger partial charge in [-0.1, -0.05) is 78.9 Å². The third kappa shape index (κ3) is 3.32. The number of halogens is 1. The Hall–Kier alpha value is -3.16. The number of hydrogen-bond donors (Lipinski definition) is 2. The van der Waals surface area contributed by atoms with Crippen LogP contribution in [0.2, 0.25) is 0 Å². The summed E-state index contributed by atoms with van der Waals surface area (Å²) in [5.41, 5.74) is -0.0322. The number of thioether (sulfide) groups is 1. The minimum absolute atomic E-state index is 0.0411. The molecule has 2 N–H and O–H groups in total. The highest BCUT2D eigenvalue weighted by molar-refractivity contribution is 8.01. The summed E-state index contributed by atoms with van der Waals surface area (Å²) in [7, 11) is 0. The Morgan fingerprint density at radius 1 is 0.943 bits per heavy atom. The molecule has 3 aromatic carbocycles. The fourth-order valence-electron chi connectivity index (χ4n) is 5.80. The van der Waals surface area contributed by atoms with E-state index in [0.717, 1.165) is 11.1 Å². The molecule has 0 spiro atoms. The molecule has 0 bridgehead atoms. The second-order valence-corrected chi connectivity index (χ2v) is 11.3. The smallest absolute Gasteiger partial charge is 0.332 e. The molecule has 0 radical (unpaired) electrons.